The van der Waals surface area contributed by atoms with E-state index in [4.69, 9.17) is 14.0 Å². The Balaban J connectivity index is 1.30. The van der Waals surface area contributed by atoms with Crippen molar-refractivity contribution in [2.75, 3.05) is 5.32 Å². The van der Waals surface area contributed by atoms with Gasteiger partial charge in [0.05, 0.1) is 21.4 Å². The smallest absolute Gasteiger partial charge is 0.460 e. The molecule has 1 saturated heterocycles. The number of amides is 1. The van der Waals surface area contributed by atoms with E-state index in [9.17, 15) is 9.59 Å². The Labute approximate surface area is 232 Å². The molecule has 7 nitrogen and oxygen atoms in total. The van der Waals surface area contributed by atoms with Gasteiger partial charge in [-0.1, -0.05) is 55.9 Å². The monoisotopic (exact) mass is 544 g/mol. The Bertz CT molecular complexity index is 1080. The topological polar surface area (TPSA) is 86.8 Å². The average molecular weight is 545 g/mol. The van der Waals surface area contributed by atoms with Crippen LogP contribution in [0.2, 0.25) is 0 Å². The number of unbranched alkanes of at least 4 members (excludes halogenated alkanes) is 7. The van der Waals surface area contributed by atoms with Crippen LogP contribution in [-0.2, 0) is 23.6 Å². The minimum Gasteiger partial charge on any atom is -0.460 e. The van der Waals surface area contributed by atoms with Crippen molar-refractivity contribution in [3.8, 4) is 0 Å². The maximum atomic E-state index is 12.4. The molecule has 1 fully saturated rings. The van der Waals surface area contributed by atoms with Gasteiger partial charge in [0.1, 0.15) is 5.60 Å². The van der Waals surface area contributed by atoms with Crippen molar-refractivity contribution in [2.45, 2.75) is 129 Å². The normalized spacial score (nSPS) is 16.7. The van der Waals surface area contributed by atoms with Crippen molar-refractivity contribution < 1.29 is 23.6 Å². The second-order valence-electron chi connectivity index (χ2n) is 12.3. The van der Waals surface area contributed by atoms with Gasteiger partial charge < -0.3 is 19.4 Å². The summed E-state index contributed by atoms with van der Waals surface area (Å²) in [6.45, 7) is 13.9. The summed E-state index contributed by atoms with van der Waals surface area (Å²) in [7, 11) is -0.415. The lowest BCUT2D eigenvalue weighted by atomic mass is 9.79. The highest BCUT2D eigenvalue weighted by atomic mass is 32.1. The predicted octanol–water partition coefficient (Wildman–Crippen LogP) is 6.78. The zero-order valence-electron chi connectivity index (χ0n) is 24.3. The lowest BCUT2D eigenvalue weighted by Crippen LogP contribution is -2.41. The number of carbonyl (C=O) groups is 2. The number of hydrogen-bond donors (Lipinski definition) is 1. The number of rotatable bonds is 13. The Morgan fingerprint density at radius 1 is 0.921 bits per heavy atom. The molecule has 1 aliphatic rings. The van der Waals surface area contributed by atoms with Gasteiger partial charge in [0.15, 0.2) is 5.13 Å². The van der Waals surface area contributed by atoms with Crippen LogP contribution in [0, 0.1) is 0 Å². The van der Waals surface area contributed by atoms with Crippen LogP contribution in [0.5, 0.6) is 0 Å². The molecule has 3 rings (SSSR count). The Kier molecular flexibility index (Phi) is 10.4. The highest BCUT2D eigenvalue weighted by molar-refractivity contribution is 7.22. The molecule has 2 aromatic rings. The molecule has 210 valence electrons. The third-order valence-electron chi connectivity index (χ3n) is 7.14. The van der Waals surface area contributed by atoms with Crippen molar-refractivity contribution in [2.24, 2.45) is 0 Å². The summed E-state index contributed by atoms with van der Waals surface area (Å²) in [5.74, 6) is -0.0923. The summed E-state index contributed by atoms with van der Waals surface area (Å²) in [6, 6.07) is 5.98. The second kappa shape index (κ2) is 12.9. The Hall–Kier alpha value is -1.97. The van der Waals surface area contributed by atoms with Crippen LogP contribution in [0.15, 0.2) is 18.2 Å². The van der Waals surface area contributed by atoms with Gasteiger partial charge in [0, 0.05) is 12.8 Å². The third-order valence-corrected chi connectivity index (χ3v) is 8.07. The molecule has 0 unspecified atom stereocenters. The quantitative estimate of drug-likeness (QED) is 0.170. The van der Waals surface area contributed by atoms with Gasteiger partial charge in [-0.2, -0.15) is 0 Å². The summed E-state index contributed by atoms with van der Waals surface area (Å²) in [5, 5.41) is 3.59. The van der Waals surface area contributed by atoms with Gasteiger partial charge in [-0.3, -0.25) is 9.59 Å². The number of esters is 1. The van der Waals surface area contributed by atoms with E-state index in [-0.39, 0.29) is 23.1 Å². The fourth-order valence-electron chi connectivity index (χ4n) is 4.31. The van der Waals surface area contributed by atoms with Gasteiger partial charge in [0.25, 0.3) is 0 Å². The van der Waals surface area contributed by atoms with Gasteiger partial charge in [-0.15, -0.1) is 0 Å². The van der Waals surface area contributed by atoms with E-state index in [1.165, 1.54) is 17.8 Å². The highest BCUT2D eigenvalue weighted by Gasteiger charge is 2.51. The van der Waals surface area contributed by atoms with Crippen molar-refractivity contribution in [1.82, 2.24) is 4.98 Å². The fraction of sp³-hybridized carbons (Fsp3) is 0.690. The number of nitrogens with zero attached hydrogens (tertiary/aromatic N) is 1. The van der Waals surface area contributed by atoms with E-state index < -0.39 is 12.7 Å². The largest absolute Gasteiger partial charge is 0.494 e. The first-order valence-corrected chi connectivity index (χ1v) is 14.9. The minimum atomic E-state index is -0.415. The Morgan fingerprint density at radius 3 is 2.05 bits per heavy atom. The molecule has 0 saturated carbocycles. The van der Waals surface area contributed by atoms with Crippen molar-refractivity contribution >= 4 is 51.1 Å². The molecular weight excluding hydrogens is 499 g/mol. The maximum Gasteiger partial charge on any atom is 0.494 e. The average Bonchev–Trinajstić information content (AvgIpc) is 3.28. The first-order chi connectivity index (χ1) is 17.8. The predicted molar refractivity (Wildman–Crippen MR) is 156 cm³/mol. The second-order valence-corrected chi connectivity index (χ2v) is 13.3. The molecule has 0 radical (unpaired) electrons. The SMILES string of the molecule is CC(C)(C)OC(=O)CCCCCCCCCCC(=O)Nc1nc2ccc(B3OC(C)(C)C(C)(C)O3)cc2s1. The van der Waals surface area contributed by atoms with Gasteiger partial charge in [-0.25, -0.2) is 4.98 Å². The molecule has 9 heteroatoms. The first kappa shape index (κ1) is 30.6. The Morgan fingerprint density at radius 2 is 1.47 bits per heavy atom. The van der Waals surface area contributed by atoms with Crippen molar-refractivity contribution in [3.05, 3.63) is 18.2 Å². The van der Waals surface area contributed by atoms with Crippen molar-refractivity contribution in [1.29, 1.82) is 0 Å². The summed E-state index contributed by atoms with van der Waals surface area (Å²) in [4.78, 5) is 28.7. The first-order valence-electron chi connectivity index (χ1n) is 14.0. The van der Waals surface area contributed by atoms with Gasteiger partial charge in [-0.05, 0) is 78.9 Å². The molecule has 2 heterocycles. The molecule has 1 aromatic heterocycles. The lowest BCUT2D eigenvalue weighted by molar-refractivity contribution is -0.154. The zero-order valence-corrected chi connectivity index (χ0v) is 25.1. The summed E-state index contributed by atoms with van der Waals surface area (Å²) >= 11 is 1.48. The lowest BCUT2D eigenvalue weighted by Gasteiger charge is -2.32. The summed E-state index contributed by atoms with van der Waals surface area (Å²) in [6.07, 6.45) is 9.47. The van der Waals surface area contributed by atoms with Crippen LogP contribution in [0.1, 0.15) is 113 Å². The van der Waals surface area contributed by atoms with Crippen LogP contribution in [0.25, 0.3) is 10.2 Å². The van der Waals surface area contributed by atoms with Gasteiger partial charge >= 0.3 is 13.1 Å². The fourth-order valence-corrected chi connectivity index (χ4v) is 5.24. The van der Waals surface area contributed by atoms with Crippen molar-refractivity contribution in [3.63, 3.8) is 0 Å². The van der Waals surface area contributed by atoms with Gasteiger partial charge in [0.2, 0.25) is 5.91 Å². The van der Waals surface area contributed by atoms with E-state index in [2.05, 4.69) is 10.3 Å². The summed E-state index contributed by atoms with van der Waals surface area (Å²) in [5.41, 5.74) is 0.644. The number of fused-ring (bicyclic) bond motifs is 1. The number of ether oxygens (including phenoxy) is 1. The van der Waals surface area contributed by atoms with Crippen LogP contribution in [0.4, 0.5) is 5.13 Å². The molecule has 1 amide bonds. The molecule has 38 heavy (non-hydrogen) atoms. The van der Waals surface area contributed by atoms with Crippen LogP contribution in [0.3, 0.4) is 0 Å². The van der Waals surface area contributed by atoms with Crippen LogP contribution >= 0.6 is 11.3 Å². The number of benzene rings is 1. The van der Waals surface area contributed by atoms with E-state index in [0.717, 1.165) is 60.6 Å². The van der Waals surface area contributed by atoms with Crippen LogP contribution in [-0.4, -0.2) is 40.8 Å². The number of nitrogens with one attached hydrogen (secondary N) is 1. The number of carbonyl (C=O) groups excluding carboxylic acids is 2. The van der Waals surface area contributed by atoms with Crippen LogP contribution < -0.4 is 10.8 Å². The number of hydrogen-bond acceptors (Lipinski definition) is 7. The number of thiazole rings is 1. The van der Waals surface area contributed by atoms with E-state index in [1.807, 2.05) is 66.7 Å². The van der Waals surface area contributed by atoms with E-state index in [0.29, 0.717) is 18.0 Å². The van der Waals surface area contributed by atoms with E-state index >= 15 is 0 Å². The third kappa shape index (κ3) is 9.06. The maximum absolute atomic E-state index is 12.4. The zero-order chi connectivity index (χ0) is 28.0. The molecular formula is C29H45BN2O5S. The molecule has 0 aliphatic carbocycles. The molecule has 0 bridgehead atoms. The molecule has 1 N–H and O–H groups in total. The minimum absolute atomic E-state index is 0.0115. The van der Waals surface area contributed by atoms with E-state index in [1.54, 1.807) is 0 Å². The molecule has 0 spiro atoms. The molecule has 0 atom stereocenters. The molecule has 1 aromatic carbocycles. The molecule has 1 aliphatic heterocycles. The standard InChI is InChI=1S/C29H45BN2O5S/c1-27(2,3)35-25(34)17-15-13-11-9-8-10-12-14-16-24(33)32-26-31-22-19-18-21(20-23(22)38-26)30-36-28(4,5)29(6,7)37-30/h18-20H,8-17H2,1-7H3,(H,31,32,33). The highest BCUT2D eigenvalue weighted by Crippen LogP contribution is 2.37. The summed E-state index contributed by atoms with van der Waals surface area (Å²) < 4.78 is 18.7. The number of anilines is 1. The number of aromatic nitrogens is 1.